The van der Waals surface area contributed by atoms with Gasteiger partial charge in [0.15, 0.2) is 0 Å². The predicted octanol–water partition coefficient (Wildman–Crippen LogP) is 2.61. The maximum absolute atomic E-state index is 12.6. The molecule has 3 nitrogen and oxygen atoms in total. The number of halogens is 1. The van der Waals surface area contributed by atoms with Crippen molar-refractivity contribution < 1.29 is 12.8 Å². The number of benzene rings is 1. The van der Waals surface area contributed by atoms with Crippen LogP contribution in [0.25, 0.3) is 0 Å². The van der Waals surface area contributed by atoms with Crippen LogP contribution in [0.4, 0.5) is 10.1 Å². The molecular weight excluding hydrogens is 229 g/mol. The van der Waals surface area contributed by atoms with E-state index in [1.54, 1.807) is 6.92 Å². The molecule has 1 rings (SSSR count). The van der Waals surface area contributed by atoms with Gasteiger partial charge >= 0.3 is 0 Å². The summed E-state index contributed by atoms with van der Waals surface area (Å²) < 4.78 is 38.7. The van der Waals surface area contributed by atoms with Gasteiger partial charge in [-0.2, -0.15) is 0 Å². The van der Waals surface area contributed by atoms with Crippen molar-refractivity contribution in [1.29, 1.82) is 0 Å². The standard InChI is InChI=1S/C11H16FNO2S/c1-8(2)9(3)16(14,15)13-11-6-4-10(12)5-7-11/h4-9,13H,1-3H3. The van der Waals surface area contributed by atoms with Crippen molar-refractivity contribution in [2.45, 2.75) is 26.0 Å². The van der Waals surface area contributed by atoms with Gasteiger partial charge in [-0.3, -0.25) is 4.72 Å². The first-order chi connectivity index (χ1) is 7.33. The molecule has 0 aliphatic heterocycles. The second kappa shape index (κ2) is 4.82. The van der Waals surface area contributed by atoms with Crippen LogP contribution in [0.5, 0.6) is 0 Å². The zero-order valence-corrected chi connectivity index (χ0v) is 10.4. The van der Waals surface area contributed by atoms with Crippen LogP contribution in [0.15, 0.2) is 24.3 Å². The number of rotatable bonds is 4. The van der Waals surface area contributed by atoms with E-state index in [4.69, 9.17) is 0 Å². The first kappa shape index (κ1) is 13.0. The maximum atomic E-state index is 12.6. The molecule has 1 aromatic carbocycles. The molecule has 0 saturated heterocycles. The molecule has 1 aromatic rings. The van der Waals surface area contributed by atoms with Crippen molar-refractivity contribution in [3.8, 4) is 0 Å². The van der Waals surface area contributed by atoms with Crippen LogP contribution in [0, 0.1) is 11.7 Å². The van der Waals surface area contributed by atoms with Gasteiger partial charge in [0, 0.05) is 5.69 Å². The quantitative estimate of drug-likeness (QED) is 0.886. The Morgan fingerprint density at radius 2 is 1.62 bits per heavy atom. The number of hydrogen-bond donors (Lipinski definition) is 1. The zero-order valence-electron chi connectivity index (χ0n) is 9.57. The SMILES string of the molecule is CC(C)C(C)S(=O)(=O)Nc1ccc(F)cc1. The summed E-state index contributed by atoms with van der Waals surface area (Å²) >= 11 is 0. The molecule has 90 valence electrons. The highest BCUT2D eigenvalue weighted by molar-refractivity contribution is 7.93. The summed E-state index contributed by atoms with van der Waals surface area (Å²) in [5, 5.41) is -0.488. The molecule has 0 heterocycles. The minimum absolute atomic E-state index is 0.0259. The molecule has 5 heteroatoms. The lowest BCUT2D eigenvalue weighted by molar-refractivity contribution is 0.550. The van der Waals surface area contributed by atoms with Gasteiger partial charge in [-0.15, -0.1) is 0 Å². The third-order valence-electron chi connectivity index (χ3n) is 2.53. The Balaban J connectivity index is 2.85. The van der Waals surface area contributed by atoms with Gasteiger partial charge in [0.05, 0.1) is 5.25 Å². The number of hydrogen-bond acceptors (Lipinski definition) is 2. The molecule has 1 N–H and O–H groups in total. The fraction of sp³-hybridized carbons (Fsp3) is 0.455. The van der Waals surface area contributed by atoms with Crippen LogP contribution in [-0.4, -0.2) is 13.7 Å². The van der Waals surface area contributed by atoms with Crippen LogP contribution >= 0.6 is 0 Å². The molecule has 0 aliphatic rings. The van der Waals surface area contributed by atoms with Crippen molar-refractivity contribution in [3.05, 3.63) is 30.1 Å². The van der Waals surface area contributed by atoms with E-state index in [-0.39, 0.29) is 11.7 Å². The highest BCUT2D eigenvalue weighted by Crippen LogP contribution is 2.16. The highest BCUT2D eigenvalue weighted by Gasteiger charge is 2.23. The molecule has 0 saturated carbocycles. The fourth-order valence-corrected chi connectivity index (χ4v) is 2.50. The summed E-state index contributed by atoms with van der Waals surface area (Å²) in [7, 11) is -3.40. The second-order valence-electron chi connectivity index (χ2n) is 4.10. The van der Waals surface area contributed by atoms with Crippen LogP contribution < -0.4 is 4.72 Å². The average molecular weight is 245 g/mol. The predicted molar refractivity (Wildman–Crippen MR) is 63.2 cm³/mol. The van der Waals surface area contributed by atoms with Crippen LogP contribution in [0.2, 0.25) is 0 Å². The van der Waals surface area contributed by atoms with Crippen molar-refractivity contribution in [3.63, 3.8) is 0 Å². The normalized spacial score (nSPS) is 13.8. The molecule has 0 aromatic heterocycles. The van der Waals surface area contributed by atoms with Gasteiger partial charge in [-0.1, -0.05) is 13.8 Å². The molecule has 0 radical (unpaired) electrons. The monoisotopic (exact) mass is 245 g/mol. The van der Waals surface area contributed by atoms with Crippen LogP contribution in [0.1, 0.15) is 20.8 Å². The molecule has 0 bridgehead atoms. The van der Waals surface area contributed by atoms with Gasteiger partial charge in [-0.05, 0) is 37.1 Å². The van der Waals surface area contributed by atoms with E-state index in [1.807, 2.05) is 13.8 Å². The van der Waals surface area contributed by atoms with Crippen molar-refractivity contribution in [2.24, 2.45) is 5.92 Å². The van der Waals surface area contributed by atoms with Crippen molar-refractivity contribution in [1.82, 2.24) is 0 Å². The van der Waals surface area contributed by atoms with E-state index in [1.165, 1.54) is 24.3 Å². The Bertz CT molecular complexity index is 440. The molecular formula is C11H16FNO2S. The van der Waals surface area contributed by atoms with Gasteiger partial charge < -0.3 is 0 Å². The minimum atomic E-state index is -3.40. The number of nitrogens with one attached hydrogen (secondary N) is 1. The zero-order chi connectivity index (χ0) is 12.3. The smallest absolute Gasteiger partial charge is 0.235 e. The maximum Gasteiger partial charge on any atom is 0.235 e. The van der Waals surface area contributed by atoms with Crippen LogP contribution in [-0.2, 0) is 10.0 Å². The molecule has 16 heavy (non-hydrogen) atoms. The van der Waals surface area contributed by atoms with E-state index in [0.29, 0.717) is 5.69 Å². The Morgan fingerprint density at radius 3 is 2.06 bits per heavy atom. The lowest BCUT2D eigenvalue weighted by Crippen LogP contribution is -2.29. The molecule has 1 atom stereocenters. The summed E-state index contributed by atoms with van der Waals surface area (Å²) in [4.78, 5) is 0. The van der Waals surface area contributed by atoms with Gasteiger partial charge in [0.2, 0.25) is 10.0 Å². The lowest BCUT2D eigenvalue weighted by Gasteiger charge is -2.17. The largest absolute Gasteiger partial charge is 0.283 e. The average Bonchev–Trinajstić information content (AvgIpc) is 2.20. The second-order valence-corrected chi connectivity index (χ2v) is 6.14. The van der Waals surface area contributed by atoms with Crippen molar-refractivity contribution >= 4 is 15.7 Å². The van der Waals surface area contributed by atoms with Crippen molar-refractivity contribution in [2.75, 3.05) is 4.72 Å². The Labute approximate surface area is 95.7 Å². The molecule has 0 aliphatic carbocycles. The highest BCUT2D eigenvalue weighted by atomic mass is 32.2. The van der Waals surface area contributed by atoms with E-state index in [0.717, 1.165) is 0 Å². The van der Waals surface area contributed by atoms with Crippen LogP contribution in [0.3, 0.4) is 0 Å². The molecule has 1 unspecified atom stereocenters. The molecule has 0 amide bonds. The van der Waals surface area contributed by atoms with Gasteiger partial charge in [0.25, 0.3) is 0 Å². The summed E-state index contributed by atoms with van der Waals surface area (Å²) in [6, 6.07) is 5.25. The first-order valence-corrected chi connectivity index (χ1v) is 6.65. The fourth-order valence-electron chi connectivity index (χ4n) is 1.13. The Morgan fingerprint density at radius 1 is 1.12 bits per heavy atom. The van der Waals surface area contributed by atoms with E-state index in [9.17, 15) is 12.8 Å². The third kappa shape index (κ3) is 3.20. The number of sulfonamides is 1. The third-order valence-corrected chi connectivity index (χ3v) is 4.58. The van der Waals surface area contributed by atoms with E-state index < -0.39 is 15.3 Å². The molecule has 0 fully saturated rings. The first-order valence-electron chi connectivity index (χ1n) is 5.10. The Kier molecular flexibility index (Phi) is 3.91. The minimum Gasteiger partial charge on any atom is -0.283 e. The topological polar surface area (TPSA) is 46.2 Å². The summed E-state index contributed by atoms with van der Waals surface area (Å²) in [5.41, 5.74) is 0.383. The summed E-state index contributed by atoms with van der Waals surface area (Å²) in [6.45, 7) is 5.33. The van der Waals surface area contributed by atoms with E-state index in [2.05, 4.69) is 4.72 Å². The number of anilines is 1. The van der Waals surface area contributed by atoms with E-state index >= 15 is 0 Å². The summed E-state index contributed by atoms with van der Waals surface area (Å²) in [5.74, 6) is -0.363. The Hall–Kier alpha value is -1.10. The van der Waals surface area contributed by atoms with Gasteiger partial charge in [-0.25, -0.2) is 12.8 Å². The van der Waals surface area contributed by atoms with Gasteiger partial charge in [0.1, 0.15) is 5.82 Å². The summed E-state index contributed by atoms with van der Waals surface area (Å²) in [6.07, 6.45) is 0. The lowest BCUT2D eigenvalue weighted by atomic mass is 10.2. The molecule has 0 spiro atoms.